The average molecular weight is 271 g/mol. The molecule has 104 valence electrons. The number of ether oxygens (including phenoxy) is 1. The lowest BCUT2D eigenvalue weighted by Crippen LogP contribution is -2.11. The maximum absolute atomic E-state index is 11.2. The highest BCUT2D eigenvalue weighted by Gasteiger charge is 2.06. The molecule has 0 aliphatic heterocycles. The minimum Gasteiger partial charge on any atom is -0.496 e. The van der Waals surface area contributed by atoms with E-state index in [2.05, 4.69) is 5.32 Å². The smallest absolute Gasteiger partial charge is 0.248 e. The van der Waals surface area contributed by atoms with Gasteiger partial charge in [0.2, 0.25) is 5.91 Å². The molecule has 0 radical (unpaired) electrons. The molecular weight excluding hydrogens is 254 g/mol. The molecule has 0 aliphatic rings. The number of carbonyl (C=O) groups is 1. The van der Waals surface area contributed by atoms with Gasteiger partial charge in [-0.25, -0.2) is 0 Å². The molecule has 2 rings (SSSR count). The summed E-state index contributed by atoms with van der Waals surface area (Å²) < 4.78 is 5.21. The second-order valence-corrected chi connectivity index (χ2v) is 4.48. The number of primary amides is 1. The van der Waals surface area contributed by atoms with Gasteiger partial charge < -0.3 is 21.5 Å². The van der Waals surface area contributed by atoms with E-state index in [1.54, 1.807) is 25.3 Å². The summed E-state index contributed by atoms with van der Waals surface area (Å²) in [6.45, 7) is 1.95. The molecule has 0 unspecified atom stereocenters. The normalized spacial score (nSPS) is 10.1. The van der Waals surface area contributed by atoms with Gasteiger partial charge in [-0.15, -0.1) is 0 Å². The van der Waals surface area contributed by atoms with Crippen LogP contribution in [0.1, 0.15) is 15.9 Å². The average Bonchev–Trinajstić information content (AvgIpc) is 2.41. The number of hydrogen-bond donors (Lipinski definition) is 3. The van der Waals surface area contributed by atoms with E-state index in [9.17, 15) is 4.79 Å². The zero-order valence-corrected chi connectivity index (χ0v) is 11.4. The summed E-state index contributed by atoms with van der Waals surface area (Å²) in [5.74, 6) is 0.327. The molecule has 2 aromatic carbocycles. The van der Waals surface area contributed by atoms with Crippen LogP contribution < -0.4 is 21.5 Å². The van der Waals surface area contributed by atoms with E-state index in [1.807, 2.05) is 25.1 Å². The summed E-state index contributed by atoms with van der Waals surface area (Å²) in [4.78, 5) is 11.2. The molecular formula is C15H17N3O2. The topological polar surface area (TPSA) is 90.4 Å². The molecule has 0 saturated heterocycles. The van der Waals surface area contributed by atoms with Crippen molar-refractivity contribution in [3.63, 3.8) is 0 Å². The summed E-state index contributed by atoms with van der Waals surface area (Å²) in [6.07, 6.45) is 0. The fourth-order valence-corrected chi connectivity index (χ4v) is 1.93. The fraction of sp³-hybridized carbons (Fsp3) is 0.133. The largest absolute Gasteiger partial charge is 0.496 e. The van der Waals surface area contributed by atoms with E-state index in [0.717, 1.165) is 17.0 Å². The van der Waals surface area contributed by atoms with E-state index in [-0.39, 0.29) is 0 Å². The van der Waals surface area contributed by atoms with Crippen molar-refractivity contribution in [2.45, 2.75) is 6.92 Å². The number of aryl methyl sites for hydroxylation is 1. The maximum Gasteiger partial charge on any atom is 0.248 e. The zero-order chi connectivity index (χ0) is 14.7. The van der Waals surface area contributed by atoms with Gasteiger partial charge in [0.05, 0.1) is 18.5 Å². The Balaban J connectivity index is 2.32. The Kier molecular flexibility index (Phi) is 3.79. The van der Waals surface area contributed by atoms with Gasteiger partial charge >= 0.3 is 0 Å². The molecule has 20 heavy (non-hydrogen) atoms. The van der Waals surface area contributed by atoms with Crippen molar-refractivity contribution in [2.75, 3.05) is 18.2 Å². The van der Waals surface area contributed by atoms with Crippen molar-refractivity contribution < 1.29 is 9.53 Å². The molecule has 1 amide bonds. The predicted octanol–water partition coefficient (Wildman–Crippen LogP) is 2.43. The summed E-state index contributed by atoms with van der Waals surface area (Å²) in [6, 6.07) is 10.6. The van der Waals surface area contributed by atoms with E-state index >= 15 is 0 Å². The standard InChI is InChI=1S/C15H17N3O2/c1-9-7-11(4-6-14(9)20-2)18-13-8-10(15(17)19)3-5-12(13)16/h3-8,18H,16H2,1-2H3,(H2,17,19). The van der Waals surface area contributed by atoms with Gasteiger partial charge in [-0.05, 0) is 48.9 Å². The first-order valence-electron chi connectivity index (χ1n) is 6.12. The molecule has 0 bridgehead atoms. The van der Waals surface area contributed by atoms with Gasteiger partial charge in [0.1, 0.15) is 5.75 Å². The van der Waals surface area contributed by atoms with Crippen LogP contribution in [0.15, 0.2) is 36.4 Å². The number of amides is 1. The Morgan fingerprint density at radius 1 is 1.20 bits per heavy atom. The van der Waals surface area contributed by atoms with Crippen molar-refractivity contribution in [3.8, 4) is 5.75 Å². The second kappa shape index (κ2) is 5.52. The van der Waals surface area contributed by atoms with Crippen LogP contribution in [0.4, 0.5) is 17.1 Å². The number of nitrogen functional groups attached to an aromatic ring is 1. The molecule has 5 heteroatoms. The lowest BCUT2D eigenvalue weighted by molar-refractivity contribution is 0.100. The Hall–Kier alpha value is -2.69. The molecule has 0 fully saturated rings. The second-order valence-electron chi connectivity index (χ2n) is 4.48. The van der Waals surface area contributed by atoms with Gasteiger partial charge in [0.25, 0.3) is 0 Å². The van der Waals surface area contributed by atoms with Gasteiger partial charge in [-0.2, -0.15) is 0 Å². The molecule has 0 spiro atoms. The minimum atomic E-state index is -0.487. The third-order valence-corrected chi connectivity index (χ3v) is 3.01. The van der Waals surface area contributed by atoms with Crippen LogP contribution in [-0.2, 0) is 0 Å². The number of rotatable bonds is 4. The molecule has 5 N–H and O–H groups in total. The summed E-state index contributed by atoms with van der Waals surface area (Å²) in [5, 5.41) is 3.17. The predicted molar refractivity (Wildman–Crippen MR) is 80.4 cm³/mol. The third-order valence-electron chi connectivity index (χ3n) is 3.01. The van der Waals surface area contributed by atoms with E-state index < -0.39 is 5.91 Å². The van der Waals surface area contributed by atoms with Crippen molar-refractivity contribution >= 4 is 23.0 Å². The molecule has 0 atom stereocenters. The Bertz CT molecular complexity index is 654. The van der Waals surface area contributed by atoms with Crippen LogP contribution in [0.5, 0.6) is 5.75 Å². The Morgan fingerprint density at radius 3 is 2.55 bits per heavy atom. The molecule has 0 saturated carbocycles. The van der Waals surface area contributed by atoms with Crippen LogP contribution in [-0.4, -0.2) is 13.0 Å². The third kappa shape index (κ3) is 2.83. The van der Waals surface area contributed by atoms with Crippen LogP contribution in [0.2, 0.25) is 0 Å². The van der Waals surface area contributed by atoms with Crippen molar-refractivity contribution in [1.82, 2.24) is 0 Å². The van der Waals surface area contributed by atoms with E-state index in [4.69, 9.17) is 16.2 Å². The number of benzene rings is 2. The molecule has 2 aromatic rings. The lowest BCUT2D eigenvalue weighted by atomic mass is 10.1. The van der Waals surface area contributed by atoms with E-state index in [1.165, 1.54) is 0 Å². The highest BCUT2D eigenvalue weighted by atomic mass is 16.5. The highest BCUT2D eigenvalue weighted by molar-refractivity contribution is 5.95. The van der Waals surface area contributed by atoms with Crippen molar-refractivity contribution in [1.29, 1.82) is 0 Å². The SMILES string of the molecule is COc1ccc(Nc2cc(C(N)=O)ccc2N)cc1C. The van der Waals surface area contributed by atoms with Gasteiger partial charge in [0.15, 0.2) is 0 Å². The highest BCUT2D eigenvalue weighted by Crippen LogP contribution is 2.27. The monoisotopic (exact) mass is 271 g/mol. The minimum absolute atomic E-state index is 0.409. The first-order chi connectivity index (χ1) is 9.51. The molecule has 0 aromatic heterocycles. The summed E-state index contributed by atoms with van der Waals surface area (Å²) in [5.41, 5.74) is 14.6. The van der Waals surface area contributed by atoms with Gasteiger partial charge in [-0.3, -0.25) is 4.79 Å². The summed E-state index contributed by atoms with van der Waals surface area (Å²) >= 11 is 0. The zero-order valence-electron chi connectivity index (χ0n) is 11.4. The summed E-state index contributed by atoms with van der Waals surface area (Å²) in [7, 11) is 1.63. The quantitative estimate of drug-likeness (QED) is 0.745. The van der Waals surface area contributed by atoms with Crippen molar-refractivity contribution in [3.05, 3.63) is 47.5 Å². The van der Waals surface area contributed by atoms with Crippen molar-refractivity contribution in [2.24, 2.45) is 5.73 Å². The Morgan fingerprint density at radius 2 is 1.95 bits per heavy atom. The van der Waals surface area contributed by atoms with Gasteiger partial charge in [-0.1, -0.05) is 0 Å². The first kappa shape index (κ1) is 13.7. The van der Waals surface area contributed by atoms with Crippen LogP contribution in [0.3, 0.4) is 0 Å². The molecule has 0 heterocycles. The molecule has 0 aliphatic carbocycles. The van der Waals surface area contributed by atoms with Gasteiger partial charge in [0, 0.05) is 11.3 Å². The molecule has 5 nitrogen and oxygen atoms in total. The van der Waals surface area contributed by atoms with Crippen LogP contribution in [0.25, 0.3) is 0 Å². The van der Waals surface area contributed by atoms with Crippen LogP contribution in [0, 0.1) is 6.92 Å². The number of methoxy groups -OCH3 is 1. The number of nitrogens with one attached hydrogen (secondary N) is 1. The first-order valence-corrected chi connectivity index (χ1v) is 6.12. The number of anilines is 3. The number of carbonyl (C=O) groups excluding carboxylic acids is 1. The van der Waals surface area contributed by atoms with E-state index in [0.29, 0.717) is 16.9 Å². The van der Waals surface area contributed by atoms with Crippen LogP contribution >= 0.6 is 0 Å². The number of nitrogens with two attached hydrogens (primary N) is 2. The number of hydrogen-bond acceptors (Lipinski definition) is 4. The Labute approximate surface area is 117 Å². The lowest BCUT2D eigenvalue weighted by Gasteiger charge is -2.12. The fourth-order valence-electron chi connectivity index (χ4n) is 1.93. The maximum atomic E-state index is 11.2.